The summed E-state index contributed by atoms with van der Waals surface area (Å²) in [5, 5.41) is 11.8. The number of ether oxygens (including phenoxy) is 1. The van der Waals surface area contributed by atoms with Gasteiger partial charge in [-0.25, -0.2) is 9.78 Å². The van der Waals surface area contributed by atoms with E-state index in [1.54, 1.807) is 44.2 Å². The lowest BCUT2D eigenvalue weighted by atomic mass is 10.0. The van der Waals surface area contributed by atoms with Gasteiger partial charge in [-0.15, -0.1) is 0 Å². The third-order valence-corrected chi connectivity index (χ3v) is 5.14. The molecular formula is C24H21F3N2O4. The largest absolute Gasteiger partial charge is 0.465 e. The van der Waals surface area contributed by atoms with Crippen LogP contribution in [-0.4, -0.2) is 29.1 Å². The van der Waals surface area contributed by atoms with Gasteiger partial charge in [-0.2, -0.15) is 13.2 Å². The molecule has 0 atom stereocenters. The zero-order chi connectivity index (χ0) is 24.3. The fraction of sp³-hybridized carbons (Fsp3) is 0.208. The fourth-order valence-corrected chi connectivity index (χ4v) is 3.39. The second-order valence-corrected chi connectivity index (χ2v) is 7.32. The van der Waals surface area contributed by atoms with E-state index < -0.39 is 29.3 Å². The number of halogens is 3. The highest BCUT2D eigenvalue weighted by Gasteiger charge is 2.36. The van der Waals surface area contributed by atoms with E-state index >= 15 is 0 Å². The molecule has 0 radical (unpaired) electrons. The Labute approximate surface area is 188 Å². The van der Waals surface area contributed by atoms with Gasteiger partial charge in [0.25, 0.3) is 5.91 Å². The van der Waals surface area contributed by atoms with Crippen LogP contribution in [0, 0.1) is 13.8 Å². The molecule has 0 unspecified atom stereocenters. The molecule has 33 heavy (non-hydrogen) atoms. The molecule has 0 bridgehead atoms. The van der Waals surface area contributed by atoms with Crippen molar-refractivity contribution in [2.45, 2.75) is 26.6 Å². The third-order valence-electron chi connectivity index (χ3n) is 5.14. The van der Waals surface area contributed by atoms with E-state index in [0.717, 1.165) is 6.07 Å². The van der Waals surface area contributed by atoms with E-state index in [4.69, 9.17) is 4.74 Å². The van der Waals surface area contributed by atoms with Crippen molar-refractivity contribution in [2.24, 2.45) is 0 Å². The molecule has 3 aromatic rings. The third kappa shape index (κ3) is 5.04. The molecule has 0 aliphatic heterocycles. The fourth-order valence-electron chi connectivity index (χ4n) is 3.39. The lowest BCUT2D eigenvalue weighted by Crippen LogP contribution is -2.22. The van der Waals surface area contributed by atoms with Gasteiger partial charge >= 0.3 is 12.1 Å². The number of aliphatic hydroxyl groups is 1. The molecule has 9 heteroatoms. The minimum absolute atomic E-state index is 0.139. The molecule has 3 rings (SSSR count). The number of carbonyl (C=O) groups excluding carboxylic acids is 2. The van der Waals surface area contributed by atoms with Crippen LogP contribution < -0.4 is 5.32 Å². The highest BCUT2D eigenvalue weighted by molar-refractivity contribution is 6.06. The summed E-state index contributed by atoms with van der Waals surface area (Å²) in [6.45, 7) is 2.96. The normalized spacial score (nSPS) is 11.2. The predicted octanol–water partition coefficient (Wildman–Crippen LogP) is 4.92. The molecule has 2 aromatic carbocycles. The Kier molecular flexibility index (Phi) is 6.83. The number of rotatable bonds is 5. The van der Waals surface area contributed by atoms with Gasteiger partial charge in [-0.05, 0) is 54.8 Å². The molecule has 6 nitrogen and oxygen atoms in total. The number of nitrogens with zero attached hydrogens (tertiary/aromatic N) is 1. The Bertz CT molecular complexity index is 1220. The summed E-state index contributed by atoms with van der Waals surface area (Å²) in [5.41, 5.74) is 0.417. The van der Waals surface area contributed by atoms with Crippen LogP contribution in [0.4, 0.5) is 18.9 Å². The minimum Gasteiger partial charge on any atom is -0.465 e. The van der Waals surface area contributed by atoms with Gasteiger partial charge in [-0.1, -0.05) is 24.3 Å². The van der Waals surface area contributed by atoms with Crippen molar-refractivity contribution in [3.05, 3.63) is 82.0 Å². The van der Waals surface area contributed by atoms with Gasteiger partial charge in [0.15, 0.2) is 0 Å². The molecule has 2 N–H and O–H groups in total. The summed E-state index contributed by atoms with van der Waals surface area (Å²) < 4.78 is 45.7. The van der Waals surface area contributed by atoms with Crippen molar-refractivity contribution >= 4 is 17.6 Å². The first-order valence-electron chi connectivity index (χ1n) is 9.85. The number of hydrogen-bond donors (Lipinski definition) is 2. The monoisotopic (exact) mass is 458 g/mol. The second-order valence-electron chi connectivity index (χ2n) is 7.32. The molecule has 1 amide bonds. The lowest BCUT2D eigenvalue weighted by molar-refractivity contribution is -0.138. The van der Waals surface area contributed by atoms with Gasteiger partial charge in [0.2, 0.25) is 0 Å². The number of carbonyl (C=O) groups is 2. The summed E-state index contributed by atoms with van der Waals surface area (Å²) in [6, 6.07) is 11.5. The number of aromatic nitrogens is 1. The first-order valence-corrected chi connectivity index (χ1v) is 9.85. The molecule has 1 heterocycles. The first kappa shape index (κ1) is 23.9. The number of hydrogen-bond acceptors (Lipinski definition) is 5. The Hall–Kier alpha value is -3.72. The zero-order valence-corrected chi connectivity index (χ0v) is 18.1. The standard InChI is InChI=1S/C24H21F3N2O4/c1-13-7-8-17(23(32)33-3)14(2)20(13)29-22(31)21-18(24(25,26)27)9-10-19(28-21)16-6-4-5-15(11-16)12-30/h4-11,30H,12H2,1-3H3,(H,29,31). The first-order chi connectivity index (χ1) is 15.6. The SMILES string of the molecule is COC(=O)c1ccc(C)c(NC(=O)c2nc(-c3cccc(CO)c3)ccc2C(F)(F)F)c1C. The van der Waals surface area contributed by atoms with Crippen molar-refractivity contribution in [3.63, 3.8) is 0 Å². The number of amides is 1. The van der Waals surface area contributed by atoms with Crippen LogP contribution in [0.25, 0.3) is 11.3 Å². The van der Waals surface area contributed by atoms with E-state index in [9.17, 15) is 27.9 Å². The van der Waals surface area contributed by atoms with Gasteiger partial charge in [0.05, 0.1) is 30.5 Å². The van der Waals surface area contributed by atoms with Gasteiger partial charge in [-0.3, -0.25) is 4.79 Å². The number of aryl methyl sites for hydroxylation is 1. The molecular weight excluding hydrogens is 437 g/mol. The van der Waals surface area contributed by atoms with Crippen LogP contribution in [-0.2, 0) is 17.5 Å². The summed E-state index contributed by atoms with van der Waals surface area (Å²) in [7, 11) is 1.21. The maximum atomic E-state index is 13.7. The van der Waals surface area contributed by atoms with Crippen molar-refractivity contribution in [3.8, 4) is 11.3 Å². The molecule has 0 saturated carbocycles. The number of benzene rings is 2. The molecule has 0 fully saturated rings. The number of nitrogens with one attached hydrogen (secondary N) is 1. The molecule has 0 spiro atoms. The summed E-state index contributed by atoms with van der Waals surface area (Å²) >= 11 is 0. The van der Waals surface area contributed by atoms with E-state index in [-0.39, 0.29) is 23.6 Å². The molecule has 172 valence electrons. The Morgan fingerprint density at radius 1 is 1.09 bits per heavy atom. The molecule has 0 aliphatic rings. The van der Waals surface area contributed by atoms with Crippen LogP contribution in [0.3, 0.4) is 0 Å². The lowest BCUT2D eigenvalue weighted by Gasteiger charge is -2.17. The summed E-state index contributed by atoms with van der Waals surface area (Å²) in [5.74, 6) is -1.71. The van der Waals surface area contributed by atoms with Crippen LogP contribution in [0.5, 0.6) is 0 Å². The molecule has 0 aliphatic carbocycles. The van der Waals surface area contributed by atoms with Gasteiger partial charge < -0.3 is 15.2 Å². The van der Waals surface area contributed by atoms with E-state index in [1.807, 2.05) is 0 Å². The number of pyridine rings is 1. The topological polar surface area (TPSA) is 88.5 Å². The van der Waals surface area contributed by atoms with Crippen LogP contribution in [0.15, 0.2) is 48.5 Å². The summed E-state index contributed by atoms with van der Waals surface area (Å²) in [4.78, 5) is 29.0. The predicted molar refractivity (Wildman–Crippen MR) is 116 cm³/mol. The van der Waals surface area contributed by atoms with Crippen LogP contribution in [0.1, 0.15) is 43.1 Å². The molecule has 0 saturated heterocycles. The van der Waals surface area contributed by atoms with Gasteiger partial charge in [0.1, 0.15) is 5.69 Å². The number of anilines is 1. The van der Waals surface area contributed by atoms with Crippen LogP contribution >= 0.6 is 0 Å². The quantitative estimate of drug-likeness (QED) is 0.530. The summed E-state index contributed by atoms with van der Waals surface area (Å²) in [6.07, 6.45) is -4.82. The smallest absolute Gasteiger partial charge is 0.418 e. The Balaban J connectivity index is 2.09. The highest BCUT2D eigenvalue weighted by atomic mass is 19.4. The Morgan fingerprint density at radius 3 is 2.45 bits per heavy atom. The average molecular weight is 458 g/mol. The van der Waals surface area contributed by atoms with Crippen molar-refractivity contribution in [1.29, 1.82) is 0 Å². The Morgan fingerprint density at radius 2 is 1.82 bits per heavy atom. The van der Waals surface area contributed by atoms with E-state index in [2.05, 4.69) is 10.3 Å². The van der Waals surface area contributed by atoms with Crippen molar-refractivity contribution in [1.82, 2.24) is 4.98 Å². The van der Waals surface area contributed by atoms with Gasteiger partial charge in [0, 0.05) is 11.3 Å². The number of methoxy groups -OCH3 is 1. The van der Waals surface area contributed by atoms with Crippen LogP contribution in [0.2, 0.25) is 0 Å². The molecule has 1 aromatic heterocycles. The second kappa shape index (κ2) is 9.41. The van der Waals surface area contributed by atoms with Crippen molar-refractivity contribution in [2.75, 3.05) is 12.4 Å². The highest BCUT2D eigenvalue weighted by Crippen LogP contribution is 2.34. The number of alkyl halides is 3. The van der Waals surface area contributed by atoms with Crippen molar-refractivity contribution < 1.29 is 32.6 Å². The zero-order valence-electron chi connectivity index (χ0n) is 18.1. The number of esters is 1. The average Bonchev–Trinajstić information content (AvgIpc) is 2.80. The van der Waals surface area contributed by atoms with E-state index in [0.29, 0.717) is 22.3 Å². The van der Waals surface area contributed by atoms with E-state index in [1.165, 1.54) is 19.2 Å². The maximum absolute atomic E-state index is 13.7. The number of aliphatic hydroxyl groups excluding tert-OH is 1. The minimum atomic E-state index is -4.82. The maximum Gasteiger partial charge on any atom is 0.418 e.